The van der Waals surface area contributed by atoms with E-state index in [9.17, 15) is 13.2 Å². The molecule has 1 aliphatic heterocycles. The van der Waals surface area contributed by atoms with Crippen LogP contribution >= 0.6 is 11.8 Å². The Morgan fingerprint density at radius 1 is 1.10 bits per heavy atom. The number of carbonyl (C=O) groups is 1. The maximum Gasteiger partial charge on any atom is 0.256 e. The van der Waals surface area contributed by atoms with Crippen LogP contribution in [0.2, 0.25) is 0 Å². The van der Waals surface area contributed by atoms with Crippen LogP contribution in [-0.2, 0) is 10.0 Å². The van der Waals surface area contributed by atoms with Crippen molar-refractivity contribution in [1.29, 1.82) is 0 Å². The maximum atomic E-state index is 13.1. The second-order valence-corrected chi connectivity index (χ2v) is 10.3. The zero-order valence-corrected chi connectivity index (χ0v) is 18.6. The number of thioether (sulfide) groups is 1. The van der Waals surface area contributed by atoms with E-state index in [1.807, 2.05) is 32.0 Å². The smallest absolute Gasteiger partial charge is 0.256 e. The van der Waals surface area contributed by atoms with Crippen LogP contribution in [-0.4, -0.2) is 37.0 Å². The Morgan fingerprint density at radius 2 is 1.83 bits per heavy atom. The zero-order chi connectivity index (χ0) is 20.9. The first-order valence-corrected chi connectivity index (χ1v) is 12.5. The highest BCUT2D eigenvalue weighted by molar-refractivity contribution is 7.99. The molecular weight excluding hydrogens is 404 g/mol. The molecule has 5 nitrogen and oxygen atoms in total. The van der Waals surface area contributed by atoms with Crippen molar-refractivity contribution in [2.24, 2.45) is 0 Å². The van der Waals surface area contributed by atoms with Gasteiger partial charge in [-0.15, -0.1) is 11.8 Å². The summed E-state index contributed by atoms with van der Waals surface area (Å²) < 4.78 is 27.8. The lowest BCUT2D eigenvalue weighted by Crippen LogP contribution is -2.43. The van der Waals surface area contributed by atoms with Gasteiger partial charge in [0.05, 0.1) is 10.5 Å². The van der Waals surface area contributed by atoms with Crippen molar-refractivity contribution in [2.45, 2.75) is 55.4 Å². The lowest BCUT2D eigenvalue weighted by Gasteiger charge is -2.34. The lowest BCUT2D eigenvalue weighted by atomic mass is 10.0. The van der Waals surface area contributed by atoms with Crippen LogP contribution in [0.3, 0.4) is 0 Å². The fourth-order valence-electron chi connectivity index (χ4n) is 3.68. The van der Waals surface area contributed by atoms with Gasteiger partial charge < -0.3 is 5.32 Å². The SMILES string of the molecule is CCSc1ccccc1C(=O)Nc1ccc(S(=O)(=O)N2CCCCC2CC)cc1. The second-order valence-electron chi connectivity index (χ2n) is 7.08. The summed E-state index contributed by atoms with van der Waals surface area (Å²) in [5, 5.41) is 2.87. The minimum Gasteiger partial charge on any atom is -0.322 e. The molecule has 1 N–H and O–H groups in total. The van der Waals surface area contributed by atoms with Crippen LogP contribution in [0.1, 0.15) is 49.9 Å². The highest BCUT2D eigenvalue weighted by atomic mass is 32.2. The van der Waals surface area contributed by atoms with E-state index in [0.29, 0.717) is 17.8 Å². The molecule has 1 amide bonds. The summed E-state index contributed by atoms with van der Waals surface area (Å²) in [4.78, 5) is 13.9. The summed E-state index contributed by atoms with van der Waals surface area (Å²) in [5.74, 6) is 0.686. The van der Waals surface area contributed by atoms with Gasteiger partial charge in [-0.1, -0.05) is 32.4 Å². The van der Waals surface area contributed by atoms with E-state index in [1.54, 1.807) is 46.4 Å². The van der Waals surface area contributed by atoms with E-state index >= 15 is 0 Å². The minimum absolute atomic E-state index is 0.0701. The van der Waals surface area contributed by atoms with Gasteiger partial charge in [0, 0.05) is 23.2 Å². The Hall–Kier alpha value is -1.83. The monoisotopic (exact) mass is 432 g/mol. The number of carbonyl (C=O) groups excluding carboxylic acids is 1. The van der Waals surface area contributed by atoms with Gasteiger partial charge in [0.2, 0.25) is 10.0 Å². The highest BCUT2D eigenvalue weighted by Gasteiger charge is 2.32. The van der Waals surface area contributed by atoms with Gasteiger partial charge in [0.15, 0.2) is 0 Å². The van der Waals surface area contributed by atoms with E-state index in [1.165, 1.54) is 0 Å². The average molecular weight is 433 g/mol. The molecule has 0 radical (unpaired) electrons. The fourth-order valence-corrected chi connectivity index (χ4v) is 6.25. The van der Waals surface area contributed by atoms with E-state index in [4.69, 9.17) is 0 Å². The Bertz CT molecular complexity index is 943. The van der Waals surface area contributed by atoms with Crippen molar-refractivity contribution in [2.75, 3.05) is 17.6 Å². The molecule has 7 heteroatoms. The summed E-state index contributed by atoms with van der Waals surface area (Å²) in [6.45, 7) is 4.65. The minimum atomic E-state index is -3.52. The molecule has 2 aromatic rings. The Morgan fingerprint density at radius 3 is 2.52 bits per heavy atom. The molecule has 29 heavy (non-hydrogen) atoms. The van der Waals surface area contributed by atoms with Gasteiger partial charge in [-0.05, 0) is 61.4 Å². The van der Waals surface area contributed by atoms with E-state index in [0.717, 1.165) is 36.3 Å². The van der Waals surface area contributed by atoms with Crippen molar-refractivity contribution in [3.63, 3.8) is 0 Å². The van der Waals surface area contributed by atoms with E-state index in [2.05, 4.69) is 5.32 Å². The van der Waals surface area contributed by atoms with Crippen LogP contribution in [0.15, 0.2) is 58.3 Å². The molecule has 3 rings (SSSR count). The van der Waals surface area contributed by atoms with Gasteiger partial charge in [0.1, 0.15) is 0 Å². The van der Waals surface area contributed by atoms with Crippen LogP contribution < -0.4 is 5.32 Å². The first kappa shape index (κ1) is 21.9. The van der Waals surface area contributed by atoms with Crippen LogP contribution in [0.25, 0.3) is 0 Å². The molecule has 1 saturated heterocycles. The van der Waals surface area contributed by atoms with E-state index < -0.39 is 10.0 Å². The molecule has 0 aliphatic carbocycles. The number of hydrogen-bond acceptors (Lipinski definition) is 4. The van der Waals surface area contributed by atoms with Gasteiger partial charge in [-0.3, -0.25) is 4.79 Å². The number of piperidine rings is 1. The average Bonchev–Trinajstić information content (AvgIpc) is 2.74. The Balaban J connectivity index is 1.76. The predicted octanol–water partition coefficient (Wildman–Crippen LogP) is 5.00. The van der Waals surface area contributed by atoms with Gasteiger partial charge in [-0.25, -0.2) is 8.42 Å². The Kier molecular flexibility index (Phi) is 7.38. The molecule has 0 saturated carbocycles. The van der Waals surface area contributed by atoms with Gasteiger partial charge >= 0.3 is 0 Å². The standard InChI is InChI=1S/C22H28N2O3S2/c1-3-18-9-7-8-16-24(18)29(26,27)19-14-12-17(13-15-19)23-22(25)20-10-5-6-11-21(20)28-4-2/h5-6,10-15,18H,3-4,7-9,16H2,1-2H3,(H,23,25). The van der Waals surface area contributed by atoms with Crippen LogP contribution in [0.5, 0.6) is 0 Å². The second kappa shape index (κ2) is 9.78. The molecule has 1 aliphatic rings. The topological polar surface area (TPSA) is 66.5 Å². The highest BCUT2D eigenvalue weighted by Crippen LogP contribution is 2.28. The molecule has 1 atom stereocenters. The number of sulfonamides is 1. The summed E-state index contributed by atoms with van der Waals surface area (Å²) in [6.07, 6.45) is 3.72. The summed E-state index contributed by atoms with van der Waals surface area (Å²) in [7, 11) is -3.52. The number of anilines is 1. The number of amides is 1. The first-order chi connectivity index (χ1) is 14.0. The third kappa shape index (κ3) is 5.02. The van der Waals surface area contributed by atoms with E-state index in [-0.39, 0.29) is 16.8 Å². The number of nitrogens with zero attached hydrogens (tertiary/aromatic N) is 1. The Labute approximate surface area is 177 Å². The first-order valence-electron chi connectivity index (χ1n) is 10.1. The molecule has 0 aromatic heterocycles. The van der Waals surface area contributed by atoms with Crippen molar-refractivity contribution in [3.8, 4) is 0 Å². The van der Waals surface area contributed by atoms with Crippen LogP contribution in [0.4, 0.5) is 5.69 Å². The fraction of sp³-hybridized carbons (Fsp3) is 0.409. The molecule has 0 bridgehead atoms. The number of benzene rings is 2. The molecule has 2 aromatic carbocycles. The third-order valence-corrected chi connectivity index (χ3v) is 8.12. The van der Waals surface area contributed by atoms with Crippen molar-refractivity contribution >= 4 is 33.4 Å². The lowest BCUT2D eigenvalue weighted by molar-refractivity contribution is 0.102. The predicted molar refractivity (Wildman–Crippen MR) is 119 cm³/mol. The molecule has 1 heterocycles. The molecule has 0 spiro atoms. The molecule has 1 unspecified atom stereocenters. The summed E-state index contributed by atoms with van der Waals surface area (Å²) in [6, 6.07) is 14.0. The largest absolute Gasteiger partial charge is 0.322 e. The van der Waals surface area contributed by atoms with Gasteiger partial charge in [0.25, 0.3) is 5.91 Å². The number of rotatable bonds is 7. The molecule has 1 fully saturated rings. The molecular formula is C22H28N2O3S2. The number of nitrogens with one attached hydrogen (secondary N) is 1. The quantitative estimate of drug-likeness (QED) is 0.625. The van der Waals surface area contributed by atoms with Crippen molar-refractivity contribution in [3.05, 3.63) is 54.1 Å². The zero-order valence-electron chi connectivity index (χ0n) is 16.9. The van der Waals surface area contributed by atoms with Gasteiger partial charge in [-0.2, -0.15) is 4.31 Å². The summed E-state index contributed by atoms with van der Waals surface area (Å²) in [5.41, 5.74) is 1.20. The normalized spacial score (nSPS) is 17.8. The maximum absolute atomic E-state index is 13.1. The van der Waals surface area contributed by atoms with Crippen LogP contribution in [0, 0.1) is 0 Å². The molecule has 156 valence electrons. The number of hydrogen-bond donors (Lipinski definition) is 1. The van der Waals surface area contributed by atoms with Crippen molar-refractivity contribution in [1.82, 2.24) is 4.31 Å². The third-order valence-electron chi connectivity index (χ3n) is 5.19. The van der Waals surface area contributed by atoms with Crippen molar-refractivity contribution < 1.29 is 13.2 Å². The summed E-state index contributed by atoms with van der Waals surface area (Å²) >= 11 is 1.62.